The van der Waals surface area contributed by atoms with Crippen molar-refractivity contribution in [3.63, 3.8) is 0 Å². The lowest BCUT2D eigenvalue weighted by Crippen LogP contribution is -2.38. The van der Waals surface area contributed by atoms with Crippen LogP contribution >= 0.6 is 24.0 Å². The number of rotatable bonds is 10. The molecule has 0 spiro atoms. The number of nitrogens with one attached hydrogen (secondary N) is 2. The molecule has 0 bridgehead atoms. The largest absolute Gasteiger partial charge is 0.493 e. The van der Waals surface area contributed by atoms with Gasteiger partial charge in [0.1, 0.15) is 18.1 Å². The quantitative estimate of drug-likeness (QED) is 0.276. The molecular weight excluding hydrogens is 503 g/mol. The van der Waals surface area contributed by atoms with Crippen LogP contribution in [-0.2, 0) is 19.4 Å². The third kappa shape index (κ3) is 8.22. The molecule has 0 atom stereocenters. The molecule has 0 aromatic heterocycles. The minimum Gasteiger partial charge on any atom is -0.493 e. The minimum atomic E-state index is 0. The van der Waals surface area contributed by atoms with Gasteiger partial charge < -0.3 is 25.0 Å². The fraction of sp³-hybridized carbons (Fsp3) is 0.458. The number of nitrogens with zero attached hydrogens (tertiary/aromatic N) is 2. The number of hydrogen-bond donors (Lipinski definition) is 2. The number of para-hydroxylation sites is 1. The number of ether oxygens (including phenoxy) is 2. The summed E-state index contributed by atoms with van der Waals surface area (Å²) < 4.78 is 11.5. The fourth-order valence-electron chi connectivity index (χ4n) is 3.34. The first-order valence-corrected chi connectivity index (χ1v) is 10.8. The van der Waals surface area contributed by atoms with Gasteiger partial charge in [-0.15, -0.1) is 24.0 Å². The molecule has 0 saturated carbocycles. The van der Waals surface area contributed by atoms with Crippen LogP contribution in [-0.4, -0.2) is 57.8 Å². The normalized spacial score (nSPS) is 12.7. The molecule has 2 aromatic carbocycles. The second kappa shape index (κ2) is 13.4. The van der Waals surface area contributed by atoms with E-state index in [4.69, 9.17) is 14.5 Å². The first kappa shape index (κ1) is 25.3. The Morgan fingerprint density at radius 2 is 2.00 bits per heavy atom. The Morgan fingerprint density at radius 1 is 1.16 bits per heavy atom. The maximum absolute atomic E-state index is 5.95. The summed E-state index contributed by atoms with van der Waals surface area (Å²) in [6.45, 7) is 6.65. The standard InChI is InChI=1S/C24H34N4O2.HI/c1-4-25-24(26-13-11-19-9-10-23-20(17-19)12-15-29-23)27-18-21-7-5-6-8-22(21)30-16-14-28(2)3;/h5-10,17H,4,11-16,18H2,1-3H3,(H2,25,26,27);1H. The zero-order valence-electron chi connectivity index (χ0n) is 18.8. The van der Waals surface area contributed by atoms with Crippen LogP contribution in [0.4, 0.5) is 0 Å². The molecule has 7 heteroatoms. The van der Waals surface area contributed by atoms with Crippen LogP contribution in [0, 0.1) is 0 Å². The Balaban J connectivity index is 0.00000341. The number of likely N-dealkylation sites (N-methyl/N-ethyl adjacent to an activating group) is 1. The summed E-state index contributed by atoms with van der Waals surface area (Å²) in [6.07, 6.45) is 1.96. The van der Waals surface area contributed by atoms with Gasteiger partial charge in [0.15, 0.2) is 5.96 Å². The van der Waals surface area contributed by atoms with Crippen molar-refractivity contribution in [2.45, 2.75) is 26.3 Å². The van der Waals surface area contributed by atoms with Gasteiger partial charge >= 0.3 is 0 Å². The van der Waals surface area contributed by atoms with Crippen molar-refractivity contribution in [1.82, 2.24) is 15.5 Å². The van der Waals surface area contributed by atoms with Gasteiger partial charge in [-0.05, 0) is 50.7 Å². The van der Waals surface area contributed by atoms with Gasteiger partial charge in [0.25, 0.3) is 0 Å². The van der Waals surface area contributed by atoms with Crippen molar-refractivity contribution >= 4 is 29.9 Å². The van der Waals surface area contributed by atoms with Gasteiger partial charge in [-0.25, -0.2) is 4.99 Å². The lowest BCUT2D eigenvalue weighted by atomic mass is 10.1. The van der Waals surface area contributed by atoms with Crippen LogP contribution in [0.15, 0.2) is 47.5 Å². The van der Waals surface area contributed by atoms with E-state index in [-0.39, 0.29) is 24.0 Å². The van der Waals surface area contributed by atoms with E-state index in [1.54, 1.807) is 0 Å². The van der Waals surface area contributed by atoms with Crippen molar-refractivity contribution in [2.75, 3.05) is 46.9 Å². The number of hydrogen-bond acceptors (Lipinski definition) is 4. The van der Waals surface area contributed by atoms with Gasteiger partial charge in [0.05, 0.1) is 13.2 Å². The third-order valence-electron chi connectivity index (χ3n) is 4.98. The fourth-order valence-corrected chi connectivity index (χ4v) is 3.34. The predicted octanol–water partition coefficient (Wildman–Crippen LogP) is 3.48. The van der Waals surface area contributed by atoms with Crippen molar-refractivity contribution < 1.29 is 9.47 Å². The first-order chi connectivity index (χ1) is 14.7. The summed E-state index contributed by atoms with van der Waals surface area (Å²) in [7, 11) is 4.09. The van der Waals surface area contributed by atoms with Gasteiger partial charge in [-0.3, -0.25) is 0 Å². The van der Waals surface area contributed by atoms with Crippen molar-refractivity contribution in [3.05, 3.63) is 59.2 Å². The topological polar surface area (TPSA) is 58.1 Å². The van der Waals surface area contributed by atoms with Gasteiger partial charge in [0, 0.05) is 31.6 Å². The molecule has 2 aromatic rings. The highest BCUT2D eigenvalue weighted by molar-refractivity contribution is 14.0. The molecule has 0 unspecified atom stereocenters. The van der Waals surface area contributed by atoms with E-state index in [9.17, 15) is 0 Å². The summed E-state index contributed by atoms with van der Waals surface area (Å²) in [5.74, 6) is 2.76. The zero-order valence-corrected chi connectivity index (χ0v) is 21.1. The van der Waals surface area contributed by atoms with Crippen molar-refractivity contribution in [3.8, 4) is 11.5 Å². The maximum Gasteiger partial charge on any atom is 0.191 e. The highest BCUT2D eigenvalue weighted by atomic mass is 127. The molecule has 2 N–H and O–H groups in total. The average molecular weight is 538 g/mol. The SMILES string of the molecule is CCNC(=NCc1ccccc1OCCN(C)C)NCCc1ccc2c(c1)CCO2.I. The molecule has 0 amide bonds. The van der Waals surface area contributed by atoms with Crippen LogP contribution in [0.5, 0.6) is 11.5 Å². The number of benzene rings is 2. The molecule has 1 heterocycles. The molecule has 6 nitrogen and oxygen atoms in total. The minimum absolute atomic E-state index is 0. The van der Waals surface area contributed by atoms with Crippen LogP contribution in [0.25, 0.3) is 0 Å². The van der Waals surface area contributed by atoms with Crippen molar-refractivity contribution in [1.29, 1.82) is 0 Å². The zero-order chi connectivity index (χ0) is 21.2. The average Bonchev–Trinajstić information content (AvgIpc) is 3.20. The third-order valence-corrected chi connectivity index (χ3v) is 4.98. The number of guanidine groups is 1. The van der Waals surface area contributed by atoms with E-state index in [0.717, 1.165) is 62.1 Å². The van der Waals surface area contributed by atoms with Gasteiger partial charge in [-0.1, -0.05) is 30.3 Å². The second-order valence-electron chi connectivity index (χ2n) is 7.67. The molecule has 0 fully saturated rings. The van der Waals surface area contributed by atoms with Crippen molar-refractivity contribution in [2.24, 2.45) is 4.99 Å². The molecular formula is C24H35IN4O2. The molecule has 0 saturated heterocycles. The molecule has 0 aliphatic carbocycles. The van der Waals surface area contributed by atoms with E-state index in [1.807, 2.05) is 32.3 Å². The van der Waals surface area contributed by atoms with E-state index in [0.29, 0.717) is 13.2 Å². The molecule has 3 rings (SSSR count). The Bertz CT molecular complexity index is 842. The monoisotopic (exact) mass is 538 g/mol. The summed E-state index contributed by atoms with van der Waals surface area (Å²) in [5.41, 5.74) is 3.73. The van der Waals surface area contributed by atoms with Gasteiger partial charge in [-0.2, -0.15) is 0 Å². The van der Waals surface area contributed by atoms with E-state index < -0.39 is 0 Å². The van der Waals surface area contributed by atoms with Crippen LogP contribution in [0.2, 0.25) is 0 Å². The summed E-state index contributed by atoms with van der Waals surface area (Å²) >= 11 is 0. The molecule has 31 heavy (non-hydrogen) atoms. The Labute approximate surface area is 203 Å². The van der Waals surface area contributed by atoms with E-state index in [2.05, 4.69) is 46.7 Å². The number of halogens is 1. The number of aliphatic imine (C=N–C) groups is 1. The number of fused-ring (bicyclic) bond motifs is 1. The van der Waals surface area contributed by atoms with Gasteiger partial charge in [0.2, 0.25) is 0 Å². The molecule has 170 valence electrons. The molecule has 1 aliphatic heterocycles. The second-order valence-corrected chi connectivity index (χ2v) is 7.67. The van der Waals surface area contributed by atoms with E-state index in [1.165, 1.54) is 11.1 Å². The summed E-state index contributed by atoms with van der Waals surface area (Å²) in [6, 6.07) is 14.6. The lowest BCUT2D eigenvalue weighted by molar-refractivity contribution is 0.259. The van der Waals surface area contributed by atoms with E-state index >= 15 is 0 Å². The predicted molar refractivity (Wildman–Crippen MR) is 138 cm³/mol. The Morgan fingerprint density at radius 3 is 2.81 bits per heavy atom. The maximum atomic E-state index is 5.95. The molecule has 1 aliphatic rings. The van der Waals surface area contributed by atoms with Crippen LogP contribution < -0.4 is 20.1 Å². The Hall–Kier alpha value is -2.00. The highest BCUT2D eigenvalue weighted by Crippen LogP contribution is 2.25. The van der Waals surface area contributed by atoms with Crippen LogP contribution in [0.1, 0.15) is 23.6 Å². The highest BCUT2D eigenvalue weighted by Gasteiger charge is 2.12. The summed E-state index contributed by atoms with van der Waals surface area (Å²) in [4.78, 5) is 6.87. The Kier molecular flexibility index (Phi) is 10.9. The summed E-state index contributed by atoms with van der Waals surface area (Å²) in [5, 5.41) is 6.77. The van der Waals surface area contributed by atoms with Crippen LogP contribution in [0.3, 0.4) is 0 Å². The molecule has 0 radical (unpaired) electrons. The first-order valence-electron chi connectivity index (χ1n) is 10.8. The lowest BCUT2D eigenvalue weighted by Gasteiger charge is -2.14. The smallest absolute Gasteiger partial charge is 0.191 e.